The van der Waals surface area contributed by atoms with Gasteiger partial charge < -0.3 is 24.4 Å². The molecule has 0 spiro atoms. The van der Waals surface area contributed by atoms with Crippen LogP contribution in [0.15, 0.2) is 18.5 Å². The van der Waals surface area contributed by atoms with Crippen LogP contribution in [0.3, 0.4) is 0 Å². The van der Waals surface area contributed by atoms with E-state index in [1.165, 1.54) is 17.3 Å². The smallest absolute Gasteiger partial charge is 0.412 e. The molecule has 0 bridgehead atoms. The van der Waals surface area contributed by atoms with Crippen molar-refractivity contribution in [2.24, 2.45) is 5.92 Å². The Morgan fingerprint density at radius 1 is 1.19 bits per heavy atom. The number of aliphatic hydroxyl groups is 2. The number of anilines is 1. The summed E-state index contributed by atoms with van der Waals surface area (Å²) in [4.78, 5) is 28.7. The van der Waals surface area contributed by atoms with Crippen molar-refractivity contribution in [2.75, 3.05) is 18.5 Å². The molecule has 1 aliphatic heterocycles. The van der Waals surface area contributed by atoms with Crippen LogP contribution >= 0.6 is 0 Å². The number of amides is 1. The van der Waals surface area contributed by atoms with Crippen LogP contribution in [-0.4, -0.2) is 68.4 Å². The summed E-state index contributed by atoms with van der Waals surface area (Å²) in [5, 5.41) is 28.5. The summed E-state index contributed by atoms with van der Waals surface area (Å²) in [6.45, 7) is 3.87. The summed E-state index contributed by atoms with van der Waals surface area (Å²) in [5.41, 5.74) is -0.429. The molecule has 1 aliphatic carbocycles. The number of hydrogen-bond donors (Lipinski definition) is 3. The number of carbonyl (C=O) groups is 2. The number of aromatic nitrogens is 3. The molecule has 4 rings (SSSR count). The molecular formula is C26H38N4O7. The number of carbonyl (C=O) groups excluding carboxylic acids is 2. The molecular weight excluding hydrogens is 480 g/mol. The van der Waals surface area contributed by atoms with Crippen LogP contribution in [0.25, 0.3) is 5.52 Å². The lowest BCUT2D eigenvalue weighted by Gasteiger charge is -2.27. The second kappa shape index (κ2) is 12.2. The first kappa shape index (κ1) is 27.3. The Morgan fingerprint density at radius 2 is 1.97 bits per heavy atom. The number of nitrogens with one attached hydrogen (secondary N) is 1. The molecule has 11 heteroatoms. The van der Waals surface area contributed by atoms with Gasteiger partial charge in [-0.3, -0.25) is 10.1 Å². The first-order valence-corrected chi connectivity index (χ1v) is 13.3. The number of nitrogens with zero attached hydrogens (tertiary/aromatic N) is 3. The van der Waals surface area contributed by atoms with Crippen LogP contribution in [0.5, 0.6) is 0 Å². The largest absolute Gasteiger partial charge is 0.463 e. The zero-order valence-electron chi connectivity index (χ0n) is 21.6. The quantitative estimate of drug-likeness (QED) is 0.319. The number of aliphatic hydroxyl groups excluding tert-OH is 2. The zero-order valence-corrected chi connectivity index (χ0v) is 21.6. The maximum Gasteiger partial charge on any atom is 0.412 e. The SMILES string of the molecule is CCCCCOC(=O)Nc1ncnn2c([C@]3(C)O[C@H](COC(=O)CC4CCCCC4)[C@@H](O)[C@H]3O)ccc12. The molecule has 2 fully saturated rings. The van der Waals surface area contributed by atoms with Crippen molar-refractivity contribution in [3.63, 3.8) is 0 Å². The summed E-state index contributed by atoms with van der Waals surface area (Å²) in [7, 11) is 0. The Labute approximate surface area is 216 Å². The first-order chi connectivity index (χ1) is 17.8. The monoisotopic (exact) mass is 518 g/mol. The standard InChI is InChI=1S/C26H38N4O7/c1-3-4-8-13-35-25(34)29-24-18-11-12-20(30(18)28-16-27-24)26(2)23(33)22(32)19(37-26)15-36-21(31)14-17-9-6-5-7-10-17/h11-12,16-17,19,22-23,32-33H,3-10,13-15H2,1-2H3,(H,27,28,29,34)/t19-,22-,23-,26+/m1/s1. The van der Waals surface area contributed by atoms with E-state index in [-0.39, 0.29) is 18.4 Å². The molecule has 3 heterocycles. The van der Waals surface area contributed by atoms with Gasteiger partial charge in [-0.25, -0.2) is 14.3 Å². The molecule has 11 nitrogen and oxygen atoms in total. The van der Waals surface area contributed by atoms with Crippen molar-refractivity contribution in [3.8, 4) is 0 Å². The number of esters is 1. The van der Waals surface area contributed by atoms with Gasteiger partial charge in [-0.15, -0.1) is 0 Å². The van der Waals surface area contributed by atoms with Crippen molar-refractivity contribution in [1.82, 2.24) is 14.6 Å². The molecule has 0 aromatic carbocycles. The Morgan fingerprint density at radius 3 is 2.73 bits per heavy atom. The third-order valence-electron chi connectivity index (χ3n) is 7.42. The highest BCUT2D eigenvalue weighted by atomic mass is 16.6. The van der Waals surface area contributed by atoms with E-state index >= 15 is 0 Å². The molecule has 204 valence electrons. The Kier molecular flexibility index (Phi) is 8.99. The minimum atomic E-state index is -1.35. The molecule has 0 unspecified atom stereocenters. The highest BCUT2D eigenvalue weighted by Crippen LogP contribution is 2.40. The highest BCUT2D eigenvalue weighted by Gasteiger charge is 2.54. The van der Waals surface area contributed by atoms with Crippen molar-refractivity contribution in [1.29, 1.82) is 0 Å². The third-order valence-corrected chi connectivity index (χ3v) is 7.42. The van der Waals surface area contributed by atoms with E-state index in [4.69, 9.17) is 14.2 Å². The summed E-state index contributed by atoms with van der Waals surface area (Å²) in [6, 6.07) is 3.38. The minimum absolute atomic E-state index is 0.158. The lowest BCUT2D eigenvalue weighted by Crippen LogP contribution is -2.39. The van der Waals surface area contributed by atoms with Crippen LogP contribution in [0.1, 0.15) is 77.3 Å². The summed E-state index contributed by atoms with van der Waals surface area (Å²) in [6.07, 6.45) is 5.87. The van der Waals surface area contributed by atoms with Crippen LogP contribution in [0.4, 0.5) is 10.6 Å². The van der Waals surface area contributed by atoms with Gasteiger partial charge in [0.25, 0.3) is 0 Å². The van der Waals surface area contributed by atoms with E-state index in [0.717, 1.165) is 44.9 Å². The van der Waals surface area contributed by atoms with Crippen LogP contribution < -0.4 is 5.32 Å². The molecule has 0 radical (unpaired) electrons. The molecule has 3 N–H and O–H groups in total. The molecule has 1 saturated carbocycles. The van der Waals surface area contributed by atoms with E-state index in [1.807, 2.05) is 0 Å². The predicted molar refractivity (Wildman–Crippen MR) is 134 cm³/mol. The van der Waals surface area contributed by atoms with Gasteiger partial charge >= 0.3 is 12.1 Å². The van der Waals surface area contributed by atoms with Gasteiger partial charge in [-0.2, -0.15) is 5.10 Å². The van der Waals surface area contributed by atoms with Crippen LogP contribution in [0, 0.1) is 5.92 Å². The molecule has 4 atom stereocenters. The molecule has 2 aliphatic rings. The van der Waals surface area contributed by atoms with Crippen molar-refractivity contribution in [2.45, 2.75) is 95.5 Å². The molecule has 1 saturated heterocycles. The number of rotatable bonds is 10. The lowest BCUT2D eigenvalue weighted by molar-refractivity contribution is -0.153. The van der Waals surface area contributed by atoms with E-state index in [0.29, 0.717) is 30.2 Å². The van der Waals surface area contributed by atoms with E-state index in [9.17, 15) is 19.8 Å². The van der Waals surface area contributed by atoms with Gasteiger partial charge in [-0.05, 0) is 44.2 Å². The van der Waals surface area contributed by atoms with Crippen LogP contribution in [0.2, 0.25) is 0 Å². The lowest BCUT2D eigenvalue weighted by atomic mass is 9.87. The predicted octanol–water partition coefficient (Wildman–Crippen LogP) is 3.32. The summed E-state index contributed by atoms with van der Waals surface area (Å²) in [5.74, 6) is 0.269. The fourth-order valence-electron chi connectivity index (χ4n) is 5.24. The third kappa shape index (κ3) is 6.22. The fourth-order valence-corrected chi connectivity index (χ4v) is 5.24. The fraction of sp³-hybridized carbons (Fsp3) is 0.692. The molecule has 37 heavy (non-hydrogen) atoms. The maximum atomic E-state index is 12.4. The van der Waals surface area contributed by atoms with Crippen LogP contribution in [-0.2, 0) is 24.6 Å². The number of unbranched alkanes of at least 4 members (excludes halogenated alkanes) is 2. The van der Waals surface area contributed by atoms with Gasteiger partial charge in [-0.1, -0.05) is 39.0 Å². The Bertz CT molecular complexity index is 1070. The van der Waals surface area contributed by atoms with Gasteiger partial charge in [0.2, 0.25) is 0 Å². The Balaban J connectivity index is 1.41. The minimum Gasteiger partial charge on any atom is -0.463 e. The number of fused-ring (bicyclic) bond motifs is 1. The second-order valence-corrected chi connectivity index (χ2v) is 10.2. The highest BCUT2D eigenvalue weighted by molar-refractivity contribution is 5.88. The number of ether oxygens (including phenoxy) is 3. The zero-order chi connectivity index (χ0) is 26.4. The average Bonchev–Trinajstić information content (AvgIpc) is 3.43. The van der Waals surface area contributed by atoms with Crippen molar-refractivity contribution >= 4 is 23.4 Å². The van der Waals surface area contributed by atoms with Gasteiger partial charge in [0, 0.05) is 6.42 Å². The van der Waals surface area contributed by atoms with Gasteiger partial charge in [0.15, 0.2) is 5.82 Å². The average molecular weight is 519 g/mol. The first-order valence-electron chi connectivity index (χ1n) is 13.3. The molecule has 2 aromatic rings. The van der Waals surface area contributed by atoms with E-state index < -0.39 is 30.0 Å². The van der Waals surface area contributed by atoms with Gasteiger partial charge in [0.1, 0.15) is 42.4 Å². The Hall–Kier alpha value is -2.76. The van der Waals surface area contributed by atoms with Crippen molar-refractivity contribution < 1.29 is 34.0 Å². The number of hydrogen-bond acceptors (Lipinski definition) is 9. The van der Waals surface area contributed by atoms with E-state index in [1.54, 1.807) is 19.1 Å². The molecule has 1 amide bonds. The van der Waals surface area contributed by atoms with Crippen molar-refractivity contribution in [3.05, 3.63) is 24.2 Å². The second-order valence-electron chi connectivity index (χ2n) is 10.2. The topological polar surface area (TPSA) is 145 Å². The summed E-state index contributed by atoms with van der Waals surface area (Å²) < 4.78 is 18.2. The normalized spacial score (nSPS) is 26.3. The summed E-state index contributed by atoms with van der Waals surface area (Å²) >= 11 is 0. The maximum absolute atomic E-state index is 12.4. The van der Waals surface area contributed by atoms with Gasteiger partial charge in [0.05, 0.1) is 12.3 Å². The molecule has 2 aromatic heterocycles. The van der Waals surface area contributed by atoms with E-state index in [2.05, 4.69) is 22.3 Å².